The van der Waals surface area contributed by atoms with E-state index in [9.17, 15) is 0 Å². The van der Waals surface area contributed by atoms with Crippen LogP contribution in [0.5, 0.6) is 0 Å². The molecule has 166 valence electrons. The van der Waals surface area contributed by atoms with E-state index in [2.05, 4.69) is 32.0 Å². The Kier molecular flexibility index (Phi) is 76.9. The van der Waals surface area contributed by atoms with E-state index in [4.69, 9.17) is 17.2 Å². The zero-order valence-corrected chi connectivity index (χ0v) is 19.3. The molecular formula is C23H54N4. The maximum Gasteiger partial charge on any atom is 0.00750 e. The van der Waals surface area contributed by atoms with Crippen molar-refractivity contribution in [2.75, 3.05) is 32.7 Å². The topological polar surface area (TPSA) is 90.1 Å². The van der Waals surface area contributed by atoms with Crippen LogP contribution in [-0.2, 0) is 0 Å². The summed E-state index contributed by atoms with van der Waals surface area (Å²) in [6.07, 6.45) is 16.2. The van der Waals surface area contributed by atoms with E-state index in [1.165, 1.54) is 51.4 Å². The van der Waals surface area contributed by atoms with Gasteiger partial charge in [0.05, 0.1) is 0 Å². The van der Waals surface area contributed by atoms with E-state index < -0.39 is 0 Å². The molecule has 0 amide bonds. The first-order chi connectivity index (χ1) is 13.1. The highest BCUT2D eigenvalue weighted by Crippen LogP contribution is 2.07. The van der Waals surface area contributed by atoms with Crippen molar-refractivity contribution < 1.29 is 0 Å². The quantitative estimate of drug-likeness (QED) is 0.275. The van der Waals surface area contributed by atoms with Crippen molar-refractivity contribution >= 4 is 0 Å². The second-order valence-corrected chi connectivity index (χ2v) is 5.82. The van der Waals surface area contributed by atoms with Crippen LogP contribution in [0.3, 0.4) is 0 Å². The fourth-order valence-corrected chi connectivity index (χ4v) is 1.61. The Labute approximate surface area is 172 Å². The van der Waals surface area contributed by atoms with E-state index in [0.717, 1.165) is 19.6 Å². The molecule has 0 heterocycles. The van der Waals surface area contributed by atoms with Crippen LogP contribution in [0.1, 0.15) is 79.1 Å². The van der Waals surface area contributed by atoms with Crippen LogP contribution in [0, 0.1) is 0 Å². The Hall–Kier alpha value is -0.940. The highest BCUT2D eigenvalue weighted by atomic mass is 14.9. The van der Waals surface area contributed by atoms with Gasteiger partial charge in [-0.2, -0.15) is 0 Å². The highest BCUT2D eigenvalue weighted by molar-refractivity contribution is 4.52. The van der Waals surface area contributed by atoms with E-state index >= 15 is 0 Å². The Balaban J connectivity index is -0.0000000862. The van der Waals surface area contributed by atoms with Gasteiger partial charge in [0.1, 0.15) is 0 Å². The van der Waals surface area contributed by atoms with E-state index in [1.54, 1.807) is 18.2 Å². The van der Waals surface area contributed by atoms with Gasteiger partial charge in [-0.15, -0.1) is 19.7 Å². The first kappa shape index (κ1) is 36.9. The maximum absolute atomic E-state index is 5.39. The molecule has 0 unspecified atom stereocenters. The zero-order valence-electron chi connectivity index (χ0n) is 19.3. The van der Waals surface area contributed by atoms with Crippen LogP contribution >= 0.6 is 0 Å². The third kappa shape index (κ3) is 109. The van der Waals surface area contributed by atoms with Gasteiger partial charge in [0, 0.05) is 26.2 Å². The summed E-state index contributed by atoms with van der Waals surface area (Å²) in [4.78, 5) is 0. The van der Waals surface area contributed by atoms with Crippen molar-refractivity contribution in [2.24, 2.45) is 17.2 Å². The molecule has 0 aromatic heterocycles. The molecule has 0 atom stereocenters. The van der Waals surface area contributed by atoms with E-state index in [0.29, 0.717) is 13.1 Å². The Bertz CT molecular complexity index is 192. The summed E-state index contributed by atoms with van der Waals surface area (Å²) in [6, 6.07) is 0. The molecule has 0 aliphatic heterocycles. The second kappa shape index (κ2) is 56.2. The van der Waals surface area contributed by atoms with Crippen LogP contribution in [0.25, 0.3) is 0 Å². The molecule has 0 bridgehead atoms. The maximum atomic E-state index is 5.39. The van der Waals surface area contributed by atoms with Crippen LogP contribution < -0.4 is 22.5 Å². The van der Waals surface area contributed by atoms with Gasteiger partial charge in [0.2, 0.25) is 0 Å². The van der Waals surface area contributed by atoms with Crippen molar-refractivity contribution in [3.8, 4) is 0 Å². The first-order valence-corrected chi connectivity index (χ1v) is 10.6. The van der Waals surface area contributed by atoms with Crippen molar-refractivity contribution in [1.82, 2.24) is 5.32 Å². The highest BCUT2D eigenvalue weighted by Gasteiger charge is 1.89. The lowest BCUT2D eigenvalue weighted by Gasteiger charge is -1.99. The number of nitrogens with two attached hydrogens (primary N) is 3. The molecule has 4 nitrogen and oxygen atoms in total. The summed E-state index contributed by atoms with van der Waals surface area (Å²) < 4.78 is 0. The molecule has 0 saturated heterocycles. The van der Waals surface area contributed by atoms with Gasteiger partial charge in [0.15, 0.2) is 0 Å². The SMILES string of the molecule is C=CC.C=CC.C=CC.CCCCCCCCCCN.NCCNCCN. The molecule has 0 radical (unpaired) electrons. The van der Waals surface area contributed by atoms with Crippen molar-refractivity contribution in [1.29, 1.82) is 0 Å². The number of unbranched alkanes of at least 4 members (excludes halogenated alkanes) is 7. The minimum Gasteiger partial charge on any atom is -0.330 e. The van der Waals surface area contributed by atoms with Gasteiger partial charge in [-0.25, -0.2) is 0 Å². The third-order valence-corrected chi connectivity index (χ3v) is 2.70. The van der Waals surface area contributed by atoms with Gasteiger partial charge >= 0.3 is 0 Å². The Morgan fingerprint density at radius 3 is 1.15 bits per heavy atom. The predicted molar refractivity (Wildman–Crippen MR) is 130 cm³/mol. The van der Waals surface area contributed by atoms with E-state index in [-0.39, 0.29) is 0 Å². The molecule has 0 saturated carbocycles. The van der Waals surface area contributed by atoms with Gasteiger partial charge < -0.3 is 22.5 Å². The fraction of sp³-hybridized carbons (Fsp3) is 0.739. The summed E-state index contributed by atoms with van der Waals surface area (Å²) in [7, 11) is 0. The van der Waals surface area contributed by atoms with Crippen LogP contribution in [0.15, 0.2) is 38.0 Å². The predicted octanol–water partition coefficient (Wildman–Crippen LogP) is 5.16. The third-order valence-electron chi connectivity index (χ3n) is 2.70. The van der Waals surface area contributed by atoms with Gasteiger partial charge in [-0.1, -0.05) is 70.1 Å². The lowest BCUT2D eigenvalue weighted by Crippen LogP contribution is -2.27. The van der Waals surface area contributed by atoms with Crippen LogP contribution in [-0.4, -0.2) is 32.7 Å². The molecular weight excluding hydrogens is 332 g/mol. The first-order valence-electron chi connectivity index (χ1n) is 10.6. The van der Waals surface area contributed by atoms with E-state index in [1.807, 2.05) is 20.8 Å². The largest absolute Gasteiger partial charge is 0.330 e. The van der Waals surface area contributed by atoms with Crippen molar-refractivity contribution in [2.45, 2.75) is 79.1 Å². The lowest BCUT2D eigenvalue weighted by atomic mass is 10.1. The number of allylic oxidation sites excluding steroid dienone is 3. The van der Waals surface area contributed by atoms with Crippen molar-refractivity contribution in [3.63, 3.8) is 0 Å². The molecule has 0 aromatic rings. The lowest BCUT2D eigenvalue weighted by molar-refractivity contribution is 0.578. The molecule has 4 heteroatoms. The molecule has 0 rings (SSSR count). The summed E-state index contributed by atoms with van der Waals surface area (Å²) in [5.74, 6) is 0. The molecule has 0 aromatic carbocycles. The van der Waals surface area contributed by atoms with Gasteiger partial charge in [-0.05, 0) is 33.7 Å². The van der Waals surface area contributed by atoms with Gasteiger partial charge in [-0.3, -0.25) is 0 Å². The Morgan fingerprint density at radius 1 is 0.593 bits per heavy atom. The number of hydrogen-bond acceptors (Lipinski definition) is 4. The molecule has 0 fully saturated rings. The average Bonchev–Trinajstić information content (AvgIpc) is 2.64. The monoisotopic (exact) mass is 386 g/mol. The molecule has 0 aliphatic carbocycles. The molecule has 7 N–H and O–H groups in total. The molecule has 27 heavy (non-hydrogen) atoms. The summed E-state index contributed by atoms with van der Waals surface area (Å²) in [6.45, 7) is 22.0. The normalized spacial score (nSPS) is 8.11. The summed E-state index contributed by atoms with van der Waals surface area (Å²) in [5.41, 5.74) is 15.7. The average molecular weight is 387 g/mol. The van der Waals surface area contributed by atoms with Crippen molar-refractivity contribution in [3.05, 3.63) is 38.0 Å². The summed E-state index contributed by atoms with van der Waals surface area (Å²) >= 11 is 0. The smallest absolute Gasteiger partial charge is 0.00750 e. The zero-order chi connectivity index (χ0) is 22.0. The van der Waals surface area contributed by atoms with Crippen LogP contribution in [0.2, 0.25) is 0 Å². The fourth-order valence-electron chi connectivity index (χ4n) is 1.61. The Morgan fingerprint density at radius 2 is 0.889 bits per heavy atom. The molecule has 0 aliphatic rings. The number of nitrogens with one attached hydrogen (secondary N) is 1. The minimum atomic E-state index is 0.694. The number of hydrogen-bond donors (Lipinski definition) is 4. The summed E-state index contributed by atoms with van der Waals surface area (Å²) in [5, 5.41) is 3.03. The van der Waals surface area contributed by atoms with Gasteiger partial charge in [0.25, 0.3) is 0 Å². The standard InChI is InChI=1S/C10H23N.C4H13N3.3C3H6/c1-2-3-4-5-6-7-8-9-10-11;5-1-3-7-4-2-6;3*1-3-2/h2-11H2,1H3;7H,1-6H2;3*3H,1H2,2H3. The van der Waals surface area contributed by atoms with Crippen LogP contribution in [0.4, 0.5) is 0 Å². The minimum absolute atomic E-state index is 0.694. The second-order valence-electron chi connectivity index (χ2n) is 5.82. The number of rotatable bonds is 12. The molecule has 0 spiro atoms.